The Morgan fingerprint density at radius 3 is 2.54 bits per heavy atom. The number of oxazole rings is 1. The lowest BCUT2D eigenvalue weighted by Gasteiger charge is -2.32. The molecule has 1 aromatic heterocycles. The molecular weight excluding hydrogens is 465 g/mol. The van der Waals surface area contributed by atoms with Crippen molar-refractivity contribution in [1.29, 1.82) is 0 Å². The Kier molecular flexibility index (Phi) is 7.42. The fourth-order valence-corrected chi connectivity index (χ4v) is 3.83. The predicted octanol–water partition coefficient (Wildman–Crippen LogP) is 4.58. The average Bonchev–Trinajstić information content (AvgIpc) is 3.20. The van der Waals surface area contributed by atoms with E-state index >= 15 is 0 Å². The van der Waals surface area contributed by atoms with Crippen molar-refractivity contribution in [2.45, 2.75) is 32.1 Å². The van der Waals surface area contributed by atoms with Crippen molar-refractivity contribution in [3.63, 3.8) is 0 Å². The highest BCUT2D eigenvalue weighted by Gasteiger charge is 2.30. The summed E-state index contributed by atoms with van der Waals surface area (Å²) in [4.78, 5) is 17.7. The highest BCUT2D eigenvalue weighted by molar-refractivity contribution is 5.73. The van der Waals surface area contributed by atoms with E-state index in [0.29, 0.717) is 55.5 Å². The van der Waals surface area contributed by atoms with Gasteiger partial charge in [0.15, 0.2) is 0 Å². The molecule has 186 valence electrons. The van der Waals surface area contributed by atoms with Gasteiger partial charge >= 0.3 is 12.1 Å². The minimum Gasteiger partial charge on any atom is -0.493 e. The van der Waals surface area contributed by atoms with Crippen molar-refractivity contribution in [1.82, 2.24) is 9.88 Å². The van der Waals surface area contributed by atoms with Gasteiger partial charge in [-0.05, 0) is 48.9 Å². The molecule has 0 spiro atoms. The molecule has 1 unspecified atom stereocenters. The summed E-state index contributed by atoms with van der Waals surface area (Å²) in [6.07, 6.45) is -3.93. The average molecular weight is 490 g/mol. The van der Waals surface area contributed by atoms with Gasteiger partial charge in [-0.2, -0.15) is 13.2 Å². The Morgan fingerprint density at radius 2 is 1.89 bits per heavy atom. The first-order valence-electron chi connectivity index (χ1n) is 11.1. The number of aliphatic carboxylic acids is 1. The van der Waals surface area contributed by atoms with Crippen LogP contribution in [0.2, 0.25) is 0 Å². The number of carbonyl (C=O) groups is 1. The quantitative estimate of drug-likeness (QED) is 0.495. The predicted molar refractivity (Wildman–Crippen MR) is 120 cm³/mol. The van der Waals surface area contributed by atoms with E-state index in [4.69, 9.17) is 13.9 Å². The second kappa shape index (κ2) is 10.5. The van der Waals surface area contributed by atoms with Crippen LogP contribution in [0.3, 0.4) is 0 Å². The number of ether oxygens (including phenoxy) is 2. The SMILES string of the molecule is Cc1oc(-c2ccc(C(F)(F)F)cc2)nc1CCOc1ccc(CN2CCOCC2C(=O)O)cc1. The number of aromatic nitrogens is 1. The molecule has 0 saturated carbocycles. The molecular formula is C25H25F3N2O5. The minimum absolute atomic E-state index is 0.179. The van der Waals surface area contributed by atoms with Gasteiger partial charge in [0.25, 0.3) is 0 Å². The van der Waals surface area contributed by atoms with E-state index in [1.165, 1.54) is 12.1 Å². The molecule has 1 aliphatic heterocycles. The summed E-state index contributed by atoms with van der Waals surface area (Å²) in [5.74, 6) is 0.611. The Labute approximate surface area is 200 Å². The first-order chi connectivity index (χ1) is 16.7. The monoisotopic (exact) mass is 490 g/mol. The van der Waals surface area contributed by atoms with Gasteiger partial charge < -0.3 is 19.0 Å². The van der Waals surface area contributed by atoms with Crippen molar-refractivity contribution < 1.29 is 37.0 Å². The minimum atomic E-state index is -4.39. The van der Waals surface area contributed by atoms with Crippen LogP contribution < -0.4 is 4.74 Å². The number of morpholine rings is 1. The molecule has 1 aliphatic rings. The molecule has 0 radical (unpaired) electrons. The summed E-state index contributed by atoms with van der Waals surface area (Å²) in [6.45, 7) is 3.84. The van der Waals surface area contributed by atoms with Gasteiger partial charge in [-0.15, -0.1) is 0 Å². The van der Waals surface area contributed by atoms with Gasteiger partial charge in [-0.25, -0.2) is 4.98 Å². The van der Waals surface area contributed by atoms with Gasteiger partial charge in [0.2, 0.25) is 5.89 Å². The third kappa shape index (κ3) is 6.20. The molecule has 0 amide bonds. The van der Waals surface area contributed by atoms with Crippen LogP contribution in [-0.4, -0.2) is 53.4 Å². The molecule has 1 saturated heterocycles. The van der Waals surface area contributed by atoms with Crippen molar-refractivity contribution in [3.8, 4) is 17.2 Å². The second-order valence-electron chi connectivity index (χ2n) is 8.24. The van der Waals surface area contributed by atoms with Crippen LogP contribution in [0.25, 0.3) is 11.5 Å². The van der Waals surface area contributed by atoms with E-state index in [9.17, 15) is 23.1 Å². The fourth-order valence-electron chi connectivity index (χ4n) is 3.83. The molecule has 10 heteroatoms. The lowest BCUT2D eigenvalue weighted by molar-refractivity contribution is -0.150. The summed E-state index contributed by atoms with van der Waals surface area (Å²) in [5, 5.41) is 9.35. The van der Waals surface area contributed by atoms with Crippen LogP contribution >= 0.6 is 0 Å². The van der Waals surface area contributed by atoms with Crippen LogP contribution in [0.5, 0.6) is 5.75 Å². The molecule has 35 heavy (non-hydrogen) atoms. The highest BCUT2D eigenvalue weighted by atomic mass is 19.4. The maximum Gasteiger partial charge on any atom is 0.416 e. The van der Waals surface area contributed by atoms with E-state index < -0.39 is 23.8 Å². The van der Waals surface area contributed by atoms with Gasteiger partial charge in [0, 0.05) is 25.1 Å². The number of hydrogen-bond donors (Lipinski definition) is 1. The Bertz CT molecular complexity index is 1140. The molecule has 1 N–H and O–H groups in total. The van der Waals surface area contributed by atoms with Crippen LogP contribution in [0.4, 0.5) is 13.2 Å². The number of benzene rings is 2. The van der Waals surface area contributed by atoms with Gasteiger partial charge in [-0.1, -0.05) is 12.1 Å². The molecule has 2 aromatic carbocycles. The van der Waals surface area contributed by atoms with E-state index in [1.807, 2.05) is 29.2 Å². The van der Waals surface area contributed by atoms with Crippen molar-refractivity contribution in [2.24, 2.45) is 0 Å². The molecule has 4 rings (SSSR count). The third-order valence-electron chi connectivity index (χ3n) is 5.79. The van der Waals surface area contributed by atoms with E-state index in [0.717, 1.165) is 17.7 Å². The first kappa shape index (κ1) is 24.7. The molecule has 1 atom stereocenters. The second-order valence-corrected chi connectivity index (χ2v) is 8.24. The Balaban J connectivity index is 1.31. The van der Waals surface area contributed by atoms with Gasteiger partial charge in [0.1, 0.15) is 17.6 Å². The highest BCUT2D eigenvalue weighted by Crippen LogP contribution is 2.31. The van der Waals surface area contributed by atoms with Crippen LogP contribution in [0.1, 0.15) is 22.6 Å². The molecule has 0 bridgehead atoms. The fraction of sp³-hybridized carbons (Fsp3) is 0.360. The number of hydrogen-bond acceptors (Lipinski definition) is 6. The van der Waals surface area contributed by atoms with Gasteiger partial charge in [-0.3, -0.25) is 9.69 Å². The Hall–Kier alpha value is -3.37. The topological polar surface area (TPSA) is 85.0 Å². The lowest BCUT2D eigenvalue weighted by atomic mass is 10.1. The molecule has 7 nitrogen and oxygen atoms in total. The molecule has 2 heterocycles. The van der Waals surface area contributed by atoms with Gasteiger partial charge in [0.05, 0.1) is 31.1 Å². The summed E-state index contributed by atoms with van der Waals surface area (Å²) < 4.78 is 55.0. The van der Waals surface area contributed by atoms with E-state index in [1.54, 1.807) is 6.92 Å². The third-order valence-corrected chi connectivity index (χ3v) is 5.79. The number of aryl methyl sites for hydroxylation is 1. The lowest BCUT2D eigenvalue weighted by Crippen LogP contribution is -2.49. The zero-order valence-electron chi connectivity index (χ0n) is 19.0. The van der Waals surface area contributed by atoms with E-state index in [2.05, 4.69) is 4.98 Å². The maximum atomic E-state index is 12.8. The standard InChI is InChI=1S/C25H25F3N2O5/c1-16-21(29-23(35-16)18-4-6-19(7-5-18)25(26,27)28)10-12-34-20-8-2-17(3-9-20)14-30-11-13-33-15-22(30)24(31)32/h2-9,22H,10-15H2,1H3,(H,31,32). The number of carboxylic acids is 1. The van der Waals surface area contributed by atoms with Crippen LogP contribution in [0.15, 0.2) is 52.9 Å². The number of carboxylic acid groups (broad SMARTS) is 1. The Morgan fingerprint density at radius 1 is 1.17 bits per heavy atom. The number of rotatable bonds is 8. The first-order valence-corrected chi connectivity index (χ1v) is 11.1. The van der Waals surface area contributed by atoms with Crippen LogP contribution in [-0.2, 0) is 28.7 Å². The molecule has 0 aliphatic carbocycles. The number of nitrogens with zero attached hydrogens (tertiary/aromatic N) is 2. The summed E-state index contributed by atoms with van der Waals surface area (Å²) in [5.41, 5.74) is 1.38. The van der Waals surface area contributed by atoms with Crippen molar-refractivity contribution >= 4 is 5.97 Å². The summed E-state index contributed by atoms with van der Waals surface area (Å²) >= 11 is 0. The largest absolute Gasteiger partial charge is 0.493 e. The summed E-state index contributed by atoms with van der Waals surface area (Å²) in [7, 11) is 0. The molecule has 3 aromatic rings. The zero-order valence-corrected chi connectivity index (χ0v) is 19.0. The maximum absolute atomic E-state index is 12.8. The van der Waals surface area contributed by atoms with Crippen molar-refractivity contribution in [2.75, 3.05) is 26.4 Å². The zero-order chi connectivity index (χ0) is 25.0. The summed E-state index contributed by atoms with van der Waals surface area (Å²) in [6, 6.07) is 11.5. The normalized spacial score (nSPS) is 16.9. The van der Waals surface area contributed by atoms with Crippen molar-refractivity contribution in [3.05, 3.63) is 71.1 Å². The molecule has 1 fully saturated rings. The van der Waals surface area contributed by atoms with E-state index in [-0.39, 0.29) is 12.5 Å². The van der Waals surface area contributed by atoms with Crippen LogP contribution in [0, 0.1) is 6.92 Å². The smallest absolute Gasteiger partial charge is 0.416 e. The number of halogens is 3. The number of alkyl halides is 3.